The molecule has 1 heterocycles. The molecule has 4 nitrogen and oxygen atoms in total. The SMILES string of the molecule is Cc1cc(NC(=O)c2cccc(C(N)=O)c2F)sc1C. The topological polar surface area (TPSA) is 72.2 Å². The van der Waals surface area contributed by atoms with Gasteiger partial charge < -0.3 is 11.1 Å². The number of nitrogens with one attached hydrogen (secondary N) is 1. The number of nitrogens with two attached hydrogens (primary N) is 1. The molecular weight excluding hydrogens is 279 g/mol. The normalized spacial score (nSPS) is 10.3. The standard InChI is InChI=1S/C14H13FN2O2S/c1-7-6-11(20-8(7)2)17-14(19)10-5-3-4-9(12(10)15)13(16)18/h3-6H,1-2H3,(H2,16,18)(H,17,19). The summed E-state index contributed by atoms with van der Waals surface area (Å²) < 4.78 is 14.0. The Bertz CT molecular complexity index is 675. The molecule has 0 aliphatic rings. The highest BCUT2D eigenvalue weighted by molar-refractivity contribution is 7.16. The average Bonchev–Trinajstić information content (AvgIpc) is 2.67. The van der Waals surface area contributed by atoms with Gasteiger partial charge in [-0.25, -0.2) is 4.39 Å². The van der Waals surface area contributed by atoms with Gasteiger partial charge in [0.1, 0.15) is 5.82 Å². The van der Waals surface area contributed by atoms with E-state index in [-0.39, 0.29) is 11.1 Å². The van der Waals surface area contributed by atoms with E-state index in [1.165, 1.54) is 29.5 Å². The minimum absolute atomic E-state index is 0.204. The summed E-state index contributed by atoms with van der Waals surface area (Å²) in [5, 5.41) is 3.25. The molecule has 1 aromatic heterocycles. The van der Waals surface area contributed by atoms with Crippen LogP contribution in [0.5, 0.6) is 0 Å². The highest BCUT2D eigenvalue weighted by atomic mass is 32.1. The Morgan fingerprint density at radius 1 is 1.25 bits per heavy atom. The van der Waals surface area contributed by atoms with Gasteiger partial charge in [0, 0.05) is 4.88 Å². The summed E-state index contributed by atoms with van der Waals surface area (Å²) in [5.41, 5.74) is 5.60. The molecule has 0 aliphatic heterocycles. The van der Waals surface area contributed by atoms with Crippen LogP contribution in [0.15, 0.2) is 24.3 Å². The third-order valence-electron chi connectivity index (χ3n) is 2.91. The van der Waals surface area contributed by atoms with E-state index in [0.29, 0.717) is 5.00 Å². The van der Waals surface area contributed by atoms with E-state index in [1.807, 2.05) is 19.9 Å². The lowest BCUT2D eigenvalue weighted by molar-refractivity contribution is 0.0996. The molecule has 3 N–H and O–H groups in total. The first kappa shape index (κ1) is 14.2. The van der Waals surface area contributed by atoms with Crippen LogP contribution in [0, 0.1) is 19.7 Å². The van der Waals surface area contributed by atoms with Crippen molar-refractivity contribution in [2.75, 3.05) is 5.32 Å². The lowest BCUT2D eigenvalue weighted by Crippen LogP contribution is -2.18. The van der Waals surface area contributed by atoms with Crippen molar-refractivity contribution in [1.29, 1.82) is 0 Å². The minimum Gasteiger partial charge on any atom is -0.366 e. The fraction of sp³-hybridized carbons (Fsp3) is 0.143. The van der Waals surface area contributed by atoms with Crippen LogP contribution in [0.4, 0.5) is 9.39 Å². The molecule has 6 heteroatoms. The van der Waals surface area contributed by atoms with Gasteiger partial charge in [0.2, 0.25) is 0 Å². The Balaban J connectivity index is 2.30. The van der Waals surface area contributed by atoms with Gasteiger partial charge in [0.25, 0.3) is 11.8 Å². The number of aryl methyl sites for hydroxylation is 2. The molecule has 0 saturated carbocycles. The Kier molecular flexibility index (Phi) is 3.85. The molecule has 0 spiro atoms. The number of carbonyl (C=O) groups excluding carboxylic acids is 2. The van der Waals surface area contributed by atoms with Crippen LogP contribution in [0.3, 0.4) is 0 Å². The first-order chi connectivity index (χ1) is 9.40. The number of hydrogen-bond acceptors (Lipinski definition) is 3. The van der Waals surface area contributed by atoms with E-state index in [9.17, 15) is 14.0 Å². The number of carbonyl (C=O) groups is 2. The molecule has 20 heavy (non-hydrogen) atoms. The van der Waals surface area contributed by atoms with E-state index in [0.717, 1.165) is 10.4 Å². The van der Waals surface area contributed by atoms with Gasteiger partial charge in [-0.15, -0.1) is 11.3 Å². The highest BCUT2D eigenvalue weighted by Crippen LogP contribution is 2.26. The van der Waals surface area contributed by atoms with Crippen molar-refractivity contribution in [3.8, 4) is 0 Å². The third kappa shape index (κ3) is 2.70. The predicted octanol–water partition coefficient (Wildman–Crippen LogP) is 2.86. The zero-order valence-electron chi connectivity index (χ0n) is 11.0. The van der Waals surface area contributed by atoms with Gasteiger partial charge in [-0.3, -0.25) is 9.59 Å². The summed E-state index contributed by atoms with van der Waals surface area (Å²) in [6.45, 7) is 3.86. The molecule has 0 bridgehead atoms. The van der Waals surface area contributed by atoms with Crippen LogP contribution < -0.4 is 11.1 Å². The molecule has 1 aromatic carbocycles. The molecule has 0 fully saturated rings. The number of primary amides is 1. The number of benzene rings is 1. The Labute approximate surface area is 119 Å². The van der Waals surface area contributed by atoms with Crippen LogP contribution in [-0.2, 0) is 0 Å². The molecule has 0 aliphatic carbocycles. The van der Waals surface area contributed by atoms with Gasteiger partial charge in [-0.05, 0) is 37.6 Å². The maximum atomic E-state index is 14.0. The number of anilines is 1. The number of rotatable bonds is 3. The number of hydrogen-bond donors (Lipinski definition) is 2. The summed E-state index contributed by atoms with van der Waals surface area (Å²) in [5.74, 6) is -2.41. The van der Waals surface area contributed by atoms with Crippen molar-refractivity contribution in [3.63, 3.8) is 0 Å². The van der Waals surface area contributed by atoms with Crippen LogP contribution in [0.25, 0.3) is 0 Å². The van der Waals surface area contributed by atoms with E-state index < -0.39 is 17.6 Å². The van der Waals surface area contributed by atoms with Crippen LogP contribution in [0.2, 0.25) is 0 Å². The second kappa shape index (κ2) is 5.42. The molecule has 0 radical (unpaired) electrons. The number of halogens is 1. The average molecular weight is 292 g/mol. The zero-order valence-corrected chi connectivity index (χ0v) is 11.8. The second-order valence-electron chi connectivity index (χ2n) is 4.34. The molecule has 104 valence electrons. The van der Waals surface area contributed by atoms with Crippen molar-refractivity contribution in [2.45, 2.75) is 13.8 Å². The second-order valence-corrected chi connectivity index (χ2v) is 5.59. The third-order valence-corrected chi connectivity index (χ3v) is 3.98. The van der Waals surface area contributed by atoms with Crippen molar-refractivity contribution >= 4 is 28.2 Å². The molecule has 2 rings (SSSR count). The molecule has 2 aromatic rings. The summed E-state index contributed by atoms with van der Waals surface area (Å²) in [6.07, 6.45) is 0. The maximum Gasteiger partial charge on any atom is 0.259 e. The highest BCUT2D eigenvalue weighted by Gasteiger charge is 2.18. The Morgan fingerprint density at radius 2 is 1.90 bits per heavy atom. The van der Waals surface area contributed by atoms with Crippen molar-refractivity contribution < 1.29 is 14.0 Å². The fourth-order valence-electron chi connectivity index (χ4n) is 1.71. The number of thiophene rings is 1. The maximum absolute atomic E-state index is 14.0. The quantitative estimate of drug-likeness (QED) is 0.913. The summed E-state index contributed by atoms with van der Waals surface area (Å²) >= 11 is 1.41. The Hall–Kier alpha value is -2.21. The van der Waals surface area contributed by atoms with E-state index in [2.05, 4.69) is 5.32 Å². The summed E-state index contributed by atoms with van der Waals surface area (Å²) in [6, 6.07) is 5.79. The minimum atomic E-state index is -0.903. The van der Waals surface area contributed by atoms with Gasteiger partial charge in [0.15, 0.2) is 0 Å². The molecule has 0 unspecified atom stereocenters. The first-order valence-corrected chi connectivity index (χ1v) is 6.68. The summed E-state index contributed by atoms with van der Waals surface area (Å²) in [4.78, 5) is 24.2. The van der Waals surface area contributed by atoms with Gasteiger partial charge in [0.05, 0.1) is 16.1 Å². The van der Waals surface area contributed by atoms with Gasteiger partial charge >= 0.3 is 0 Å². The van der Waals surface area contributed by atoms with Crippen LogP contribution >= 0.6 is 11.3 Å². The lowest BCUT2D eigenvalue weighted by atomic mass is 10.1. The fourth-order valence-corrected chi connectivity index (χ4v) is 2.64. The van der Waals surface area contributed by atoms with E-state index in [4.69, 9.17) is 5.73 Å². The van der Waals surface area contributed by atoms with Crippen molar-refractivity contribution in [3.05, 3.63) is 51.7 Å². The predicted molar refractivity (Wildman–Crippen MR) is 76.7 cm³/mol. The van der Waals surface area contributed by atoms with E-state index >= 15 is 0 Å². The van der Waals surface area contributed by atoms with Crippen molar-refractivity contribution in [2.24, 2.45) is 5.73 Å². The Morgan fingerprint density at radius 3 is 2.45 bits per heavy atom. The van der Waals surface area contributed by atoms with Crippen LogP contribution in [0.1, 0.15) is 31.2 Å². The molecule has 2 amide bonds. The largest absolute Gasteiger partial charge is 0.366 e. The molecule has 0 atom stereocenters. The zero-order chi connectivity index (χ0) is 14.9. The summed E-state index contributed by atoms with van der Waals surface area (Å²) in [7, 11) is 0. The first-order valence-electron chi connectivity index (χ1n) is 5.87. The molecule has 0 saturated heterocycles. The monoisotopic (exact) mass is 292 g/mol. The lowest BCUT2D eigenvalue weighted by Gasteiger charge is -2.06. The van der Waals surface area contributed by atoms with E-state index in [1.54, 1.807) is 0 Å². The molecular formula is C14H13FN2O2S. The van der Waals surface area contributed by atoms with Crippen LogP contribution in [-0.4, -0.2) is 11.8 Å². The van der Waals surface area contributed by atoms with Gasteiger partial charge in [-0.2, -0.15) is 0 Å². The smallest absolute Gasteiger partial charge is 0.259 e. The number of amides is 2. The van der Waals surface area contributed by atoms with Crippen molar-refractivity contribution in [1.82, 2.24) is 0 Å². The van der Waals surface area contributed by atoms with Gasteiger partial charge in [-0.1, -0.05) is 6.07 Å².